The normalized spacial score (nSPS) is 35.7. The lowest BCUT2D eigenvalue weighted by molar-refractivity contribution is 0.227. The average Bonchev–Trinajstić information content (AvgIpc) is 2.58. The molecule has 0 amide bonds. The molecule has 0 aromatic heterocycles. The Balaban J connectivity index is 1.56. The van der Waals surface area contributed by atoms with E-state index in [0.717, 1.165) is 23.7 Å². The van der Waals surface area contributed by atoms with Crippen molar-refractivity contribution in [3.63, 3.8) is 0 Å². The van der Waals surface area contributed by atoms with E-state index >= 15 is 0 Å². The SMILES string of the molecule is CC1(NC2CC(c3cccc(Br)c3)C2)CCS(=O)(=O)C1. The van der Waals surface area contributed by atoms with Crippen LogP contribution in [0.25, 0.3) is 0 Å². The monoisotopic (exact) mass is 357 g/mol. The average molecular weight is 358 g/mol. The van der Waals surface area contributed by atoms with E-state index in [1.54, 1.807) is 0 Å². The first-order chi connectivity index (χ1) is 9.35. The molecule has 110 valence electrons. The van der Waals surface area contributed by atoms with Crippen LogP contribution >= 0.6 is 15.9 Å². The molecule has 20 heavy (non-hydrogen) atoms. The molecule has 0 radical (unpaired) electrons. The highest BCUT2D eigenvalue weighted by Crippen LogP contribution is 2.39. The molecule has 1 aromatic carbocycles. The molecule has 3 nitrogen and oxygen atoms in total. The summed E-state index contributed by atoms with van der Waals surface area (Å²) in [5.74, 6) is 1.22. The fraction of sp³-hybridized carbons (Fsp3) is 0.600. The van der Waals surface area contributed by atoms with Crippen LogP contribution in [-0.4, -0.2) is 31.5 Å². The summed E-state index contributed by atoms with van der Waals surface area (Å²) in [4.78, 5) is 0. The van der Waals surface area contributed by atoms with Gasteiger partial charge in [0, 0.05) is 16.1 Å². The largest absolute Gasteiger partial charge is 0.308 e. The van der Waals surface area contributed by atoms with E-state index in [1.807, 2.05) is 13.0 Å². The van der Waals surface area contributed by atoms with Crippen molar-refractivity contribution >= 4 is 25.8 Å². The van der Waals surface area contributed by atoms with Gasteiger partial charge >= 0.3 is 0 Å². The Kier molecular flexibility index (Phi) is 3.72. The van der Waals surface area contributed by atoms with Crippen LogP contribution < -0.4 is 5.32 Å². The Hall–Kier alpha value is -0.390. The number of hydrogen-bond donors (Lipinski definition) is 1. The van der Waals surface area contributed by atoms with Gasteiger partial charge in [-0.1, -0.05) is 28.1 Å². The molecule has 3 rings (SSSR count). The van der Waals surface area contributed by atoms with Gasteiger partial charge in [-0.15, -0.1) is 0 Å². The molecular formula is C15H20BrNO2S. The summed E-state index contributed by atoms with van der Waals surface area (Å²) in [7, 11) is -2.82. The summed E-state index contributed by atoms with van der Waals surface area (Å²) in [6.07, 6.45) is 2.95. The van der Waals surface area contributed by atoms with Crippen LogP contribution in [0.1, 0.15) is 37.7 Å². The first-order valence-corrected chi connectivity index (χ1v) is 9.70. The van der Waals surface area contributed by atoms with Gasteiger partial charge in [0.15, 0.2) is 9.84 Å². The zero-order chi connectivity index (χ0) is 14.4. The quantitative estimate of drug-likeness (QED) is 0.904. The van der Waals surface area contributed by atoms with Crippen molar-refractivity contribution < 1.29 is 8.42 Å². The van der Waals surface area contributed by atoms with E-state index in [-0.39, 0.29) is 11.3 Å². The van der Waals surface area contributed by atoms with Gasteiger partial charge in [-0.2, -0.15) is 0 Å². The highest BCUT2D eigenvalue weighted by atomic mass is 79.9. The van der Waals surface area contributed by atoms with E-state index in [4.69, 9.17) is 0 Å². The van der Waals surface area contributed by atoms with E-state index < -0.39 is 9.84 Å². The van der Waals surface area contributed by atoms with Crippen molar-refractivity contribution in [2.45, 2.75) is 43.7 Å². The number of sulfone groups is 1. The Labute approximate surface area is 129 Å². The number of halogens is 1. The van der Waals surface area contributed by atoms with Gasteiger partial charge < -0.3 is 5.32 Å². The Morgan fingerprint density at radius 2 is 2.10 bits per heavy atom. The molecule has 0 spiro atoms. The maximum atomic E-state index is 11.6. The number of hydrogen-bond acceptors (Lipinski definition) is 3. The van der Waals surface area contributed by atoms with Crippen molar-refractivity contribution in [3.8, 4) is 0 Å². The second-order valence-corrected chi connectivity index (χ2v) is 9.57. The minimum Gasteiger partial charge on any atom is -0.308 e. The molecule has 1 unspecified atom stereocenters. The smallest absolute Gasteiger partial charge is 0.152 e. The molecule has 2 fully saturated rings. The molecule has 5 heteroatoms. The van der Waals surface area contributed by atoms with Crippen molar-refractivity contribution in [1.29, 1.82) is 0 Å². The second-order valence-electron chi connectivity index (χ2n) is 6.47. The zero-order valence-corrected chi connectivity index (χ0v) is 14.0. The summed E-state index contributed by atoms with van der Waals surface area (Å²) in [6, 6.07) is 8.93. The Morgan fingerprint density at radius 1 is 1.35 bits per heavy atom. The van der Waals surface area contributed by atoms with Gasteiger partial charge in [0.05, 0.1) is 11.5 Å². The van der Waals surface area contributed by atoms with Crippen LogP contribution in [0.15, 0.2) is 28.7 Å². The lowest BCUT2D eigenvalue weighted by Crippen LogP contribution is -2.53. The molecule has 1 aliphatic heterocycles. The molecule has 1 atom stereocenters. The highest BCUT2D eigenvalue weighted by molar-refractivity contribution is 9.10. The first kappa shape index (κ1) is 14.5. The van der Waals surface area contributed by atoms with Gasteiger partial charge in [0.2, 0.25) is 0 Å². The molecule has 1 N–H and O–H groups in total. The van der Waals surface area contributed by atoms with Crippen molar-refractivity contribution in [2.24, 2.45) is 0 Å². The number of benzene rings is 1. The minimum atomic E-state index is -2.82. The standard InChI is InChI=1S/C15H20BrNO2S/c1-15(5-6-20(18,19)10-15)17-14-8-12(9-14)11-3-2-4-13(16)7-11/h2-4,7,12,14,17H,5-6,8-10H2,1H3. The molecule has 1 saturated heterocycles. The maximum absolute atomic E-state index is 11.6. The van der Waals surface area contributed by atoms with Crippen LogP contribution in [0, 0.1) is 0 Å². The Bertz CT molecular complexity index is 610. The topological polar surface area (TPSA) is 46.2 Å². The van der Waals surface area contributed by atoms with Gasteiger partial charge in [-0.3, -0.25) is 0 Å². The first-order valence-electron chi connectivity index (χ1n) is 7.09. The maximum Gasteiger partial charge on any atom is 0.152 e. The van der Waals surface area contributed by atoms with Gasteiger partial charge in [0.25, 0.3) is 0 Å². The fourth-order valence-corrected chi connectivity index (χ4v) is 5.91. The van der Waals surface area contributed by atoms with Crippen LogP contribution in [-0.2, 0) is 9.84 Å². The lowest BCUT2D eigenvalue weighted by atomic mass is 9.75. The lowest BCUT2D eigenvalue weighted by Gasteiger charge is -2.41. The molecule has 0 bridgehead atoms. The summed E-state index contributed by atoms with van der Waals surface area (Å²) >= 11 is 3.51. The molecule has 1 aromatic rings. The summed E-state index contributed by atoms with van der Waals surface area (Å²) in [6.45, 7) is 2.05. The molecule has 1 saturated carbocycles. The van der Waals surface area contributed by atoms with Gasteiger partial charge in [-0.05, 0) is 49.8 Å². The molecule has 1 aliphatic carbocycles. The third-order valence-corrected chi connectivity index (χ3v) is 6.91. The van der Waals surface area contributed by atoms with Crippen LogP contribution in [0.5, 0.6) is 0 Å². The zero-order valence-electron chi connectivity index (χ0n) is 11.6. The predicted octanol–water partition coefficient (Wildman–Crippen LogP) is 2.86. The van der Waals surface area contributed by atoms with E-state index in [1.165, 1.54) is 5.56 Å². The number of nitrogens with one attached hydrogen (secondary N) is 1. The summed E-state index contributed by atoms with van der Waals surface area (Å²) in [5, 5.41) is 3.57. The highest BCUT2D eigenvalue weighted by Gasteiger charge is 2.42. The van der Waals surface area contributed by atoms with Gasteiger partial charge in [0.1, 0.15) is 0 Å². The number of rotatable bonds is 3. The second kappa shape index (κ2) is 5.11. The van der Waals surface area contributed by atoms with Crippen LogP contribution in [0.4, 0.5) is 0 Å². The predicted molar refractivity (Wildman–Crippen MR) is 84.7 cm³/mol. The fourth-order valence-electron chi connectivity index (χ4n) is 3.39. The third kappa shape index (κ3) is 3.10. The van der Waals surface area contributed by atoms with Crippen LogP contribution in [0.2, 0.25) is 0 Å². The molecule has 1 heterocycles. The van der Waals surface area contributed by atoms with Gasteiger partial charge in [-0.25, -0.2) is 8.42 Å². The van der Waals surface area contributed by atoms with E-state index in [2.05, 4.69) is 39.4 Å². The van der Waals surface area contributed by atoms with E-state index in [0.29, 0.717) is 17.7 Å². The Morgan fingerprint density at radius 3 is 2.70 bits per heavy atom. The van der Waals surface area contributed by atoms with Crippen molar-refractivity contribution in [3.05, 3.63) is 34.3 Å². The van der Waals surface area contributed by atoms with Crippen LogP contribution in [0.3, 0.4) is 0 Å². The van der Waals surface area contributed by atoms with Crippen molar-refractivity contribution in [1.82, 2.24) is 5.32 Å². The molecular weight excluding hydrogens is 338 g/mol. The van der Waals surface area contributed by atoms with E-state index in [9.17, 15) is 8.42 Å². The molecule has 2 aliphatic rings. The third-order valence-electron chi connectivity index (χ3n) is 4.51. The van der Waals surface area contributed by atoms with Crippen molar-refractivity contribution in [2.75, 3.05) is 11.5 Å². The summed E-state index contributed by atoms with van der Waals surface area (Å²) in [5.41, 5.74) is 1.16. The minimum absolute atomic E-state index is 0.217. The summed E-state index contributed by atoms with van der Waals surface area (Å²) < 4.78 is 24.3.